The number of ether oxygens (including phenoxy) is 1. The summed E-state index contributed by atoms with van der Waals surface area (Å²) < 4.78 is 5.82. The Morgan fingerprint density at radius 1 is 1.13 bits per heavy atom. The highest BCUT2D eigenvalue weighted by Gasteiger charge is 2.25. The molecule has 2 aliphatic rings. The van der Waals surface area contributed by atoms with Crippen molar-refractivity contribution in [2.24, 2.45) is 0 Å². The van der Waals surface area contributed by atoms with Crippen LogP contribution in [0.1, 0.15) is 53.5 Å². The zero-order valence-corrected chi connectivity index (χ0v) is 18.9. The smallest absolute Gasteiger partial charge is 0.251 e. The van der Waals surface area contributed by atoms with Crippen LogP contribution < -0.4 is 5.32 Å². The number of thiophene rings is 1. The summed E-state index contributed by atoms with van der Waals surface area (Å²) in [6, 6.07) is 12.6. The molecule has 4 rings (SSSR count). The molecule has 2 aliphatic heterocycles. The van der Waals surface area contributed by atoms with Gasteiger partial charge in [-0.15, -0.1) is 11.3 Å². The van der Waals surface area contributed by atoms with Gasteiger partial charge in [-0.1, -0.05) is 18.2 Å². The molecule has 1 N–H and O–H groups in total. The van der Waals surface area contributed by atoms with Crippen LogP contribution >= 0.6 is 11.3 Å². The van der Waals surface area contributed by atoms with E-state index in [1.165, 1.54) is 23.3 Å². The number of hydrogen-bond donors (Lipinski definition) is 1. The summed E-state index contributed by atoms with van der Waals surface area (Å²) in [4.78, 5) is 19.0. The average molecular weight is 428 g/mol. The molecule has 0 spiro atoms. The largest absolute Gasteiger partial charge is 0.373 e. The van der Waals surface area contributed by atoms with Gasteiger partial charge in [0.2, 0.25) is 0 Å². The molecule has 30 heavy (non-hydrogen) atoms. The van der Waals surface area contributed by atoms with Crippen LogP contribution in [0.2, 0.25) is 0 Å². The summed E-state index contributed by atoms with van der Waals surface area (Å²) in [5, 5.41) is 5.30. The zero-order valence-electron chi connectivity index (χ0n) is 18.0. The van der Waals surface area contributed by atoms with Gasteiger partial charge < -0.3 is 10.1 Å². The summed E-state index contributed by atoms with van der Waals surface area (Å²) in [6.07, 6.45) is 3.03. The first kappa shape index (κ1) is 21.5. The highest BCUT2D eigenvalue weighted by Crippen LogP contribution is 2.28. The molecule has 3 heterocycles. The maximum Gasteiger partial charge on any atom is 0.251 e. The highest BCUT2D eigenvalue weighted by molar-refractivity contribution is 7.10. The van der Waals surface area contributed by atoms with E-state index in [-0.39, 0.29) is 24.2 Å². The molecule has 2 aromatic rings. The highest BCUT2D eigenvalue weighted by atomic mass is 32.1. The molecule has 162 valence electrons. The summed E-state index contributed by atoms with van der Waals surface area (Å²) in [7, 11) is 0. The van der Waals surface area contributed by atoms with Crippen LogP contribution in [0.15, 0.2) is 41.8 Å². The van der Waals surface area contributed by atoms with Crippen molar-refractivity contribution >= 4 is 17.2 Å². The lowest BCUT2D eigenvalue weighted by molar-refractivity contribution is -0.0704. The predicted molar refractivity (Wildman–Crippen MR) is 122 cm³/mol. The number of carbonyl (C=O) groups excluding carboxylic acids is 1. The fraction of sp³-hybridized carbons (Fsp3) is 0.542. The number of benzene rings is 1. The monoisotopic (exact) mass is 427 g/mol. The van der Waals surface area contributed by atoms with Crippen LogP contribution in [0.3, 0.4) is 0 Å². The van der Waals surface area contributed by atoms with E-state index in [1.807, 2.05) is 12.1 Å². The topological polar surface area (TPSA) is 44.8 Å². The van der Waals surface area contributed by atoms with Crippen molar-refractivity contribution < 1.29 is 9.53 Å². The van der Waals surface area contributed by atoms with Crippen molar-refractivity contribution in [1.29, 1.82) is 0 Å². The van der Waals surface area contributed by atoms with Crippen LogP contribution in [-0.2, 0) is 11.3 Å². The summed E-state index contributed by atoms with van der Waals surface area (Å²) in [6.45, 7) is 9.95. The molecule has 0 radical (unpaired) electrons. The van der Waals surface area contributed by atoms with Gasteiger partial charge in [-0.25, -0.2) is 0 Å². The maximum atomic E-state index is 12.8. The molecule has 0 aliphatic carbocycles. The van der Waals surface area contributed by atoms with Gasteiger partial charge in [-0.3, -0.25) is 14.6 Å². The molecular weight excluding hydrogens is 394 g/mol. The molecule has 3 atom stereocenters. The second kappa shape index (κ2) is 10.1. The Morgan fingerprint density at radius 2 is 1.83 bits per heavy atom. The number of hydrogen-bond acceptors (Lipinski definition) is 5. The van der Waals surface area contributed by atoms with E-state index in [0.29, 0.717) is 6.54 Å². The Balaban J connectivity index is 1.33. The molecule has 1 amide bonds. The van der Waals surface area contributed by atoms with Crippen molar-refractivity contribution in [2.45, 2.75) is 51.5 Å². The van der Waals surface area contributed by atoms with E-state index in [2.05, 4.69) is 58.6 Å². The van der Waals surface area contributed by atoms with E-state index in [4.69, 9.17) is 4.74 Å². The predicted octanol–water partition coefficient (Wildman–Crippen LogP) is 3.92. The van der Waals surface area contributed by atoms with E-state index in [0.717, 1.165) is 38.3 Å². The van der Waals surface area contributed by atoms with Crippen LogP contribution in [-0.4, -0.2) is 60.6 Å². The van der Waals surface area contributed by atoms with Gasteiger partial charge in [-0.05, 0) is 68.9 Å². The van der Waals surface area contributed by atoms with E-state index >= 15 is 0 Å². The number of morpholine rings is 1. The second-order valence-corrected chi connectivity index (χ2v) is 9.61. The van der Waals surface area contributed by atoms with E-state index < -0.39 is 0 Å². The first-order valence-corrected chi connectivity index (χ1v) is 12.0. The number of carbonyl (C=O) groups is 1. The third-order valence-electron chi connectivity index (χ3n) is 6.03. The summed E-state index contributed by atoms with van der Waals surface area (Å²) in [5.74, 6) is 0.0101. The minimum atomic E-state index is 0.0101. The molecule has 5 nitrogen and oxygen atoms in total. The molecule has 1 aromatic heterocycles. The van der Waals surface area contributed by atoms with Crippen molar-refractivity contribution in [3.63, 3.8) is 0 Å². The Kier molecular flexibility index (Phi) is 7.20. The molecule has 6 heteroatoms. The Hall–Kier alpha value is -1.73. The van der Waals surface area contributed by atoms with Gasteiger partial charge in [0.15, 0.2) is 0 Å². The van der Waals surface area contributed by atoms with Gasteiger partial charge in [-0.2, -0.15) is 0 Å². The Bertz CT molecular complexity index is 792. The van der Waals surface area contributed by atoms with Crippen molar-refractivity contribution in [2.75, 3.05) is 32.7 Å². The normalized spacial score (nSPS) is 24.1. The van der Waals surface area contributed by atoms with E-state index in [9.17, 15) is 4.79 Å². The van der Waals surface area contributed by atoms with Crippen LogP contribution in [0.4, 0.5) is 0 Å². The number of amides is 1. The molecular formula is C24H33N3O2S. The van der Waals surface area contributed by atoms with E-state index in [1.54, 1.807) is 11.3 Å². The third-order valence-corrected chi connectivity index (χ3v) is 7.00. The molecule has 2 fully saturated rings. The standard InChI is InChI=1S/C24H33N3O2S/c1-18-15-26(16-19(2)29-18)17-20-7-9-21(10-8-20)24(28)25-14-22(23-6-5-13-30-23)27-11-3-4-12-27/h5-10,13,18-19,22H,3-4,11-12,14-17H2,1-2H3,(H,25,28). The molecule has 2 saturated heterocycles. The summed E-state index contributed by atoms with van der Waals surface area (Å²) >= 11 is 1.78. The number of rotatable bonds is 7. The Labute approximate surface area is 184 Å². The lowest BCUT2D eigenvalue weighted by Gasteiger charge is -2.35. The fourth-order valence-corrected chi connectivity index (χ4v) is 5.53. The zero-order chi connectivity index (χ0) is 20.9. The van der Waals surface area contributed by atoms with Crippen LogP contribution in [0, 0.1) is 0 Å². The SMILES string of the molecule is CC1CN(Cc2ccc(C(=O)NCC(c3cccs3)N3CCCC3)cc2)CC(C)O1. The fourth-order valence-electron chi connectivity index (χ4n) is 4.67. The molecule has 0 saturated carbocycles. The van der Waals surface area contributed by atoms with Gasteiger partial charge >= 0.3 is 0 Å². The lowest BCUT2D eigenvalue weighted by Crippen LogP contribution is -2.44. The molecule has 3 unspecified atom stereocenters. The number of likely N-dealkylation sites (tertiary alicyclic amines) is 1. The lowest BCUT2D eigenvalue weighted by atomic mass is 10.1. The van der Waals surface area contributed by atoms with Gasteiger partial charge in [0.1, 0.15) is 0 Å². The van der Waals surface area contributed by atoms with Crippen molar-refractivity contribution in [3.05, 3.63) is 57.8 Å². The quantitative estimate of drug-likeness (QED) is 0.727. The molecule has 1 aromatic carbocycles. The van der Waals surface area contributed by atoms with Crippen LogP contribution in [0.5, 0.6) is 0 Å². The molecule has 0 bridgehead atoms. The van der Waals surface area contributed by atoms with Crippen LogP contribution in [0.25, 0.3) is 0 Å². The maximum absolute atomic E-state index is 12.8. The first-order valence-electron chi connectivity index (χ1n) is 11.1. The minimum absolute atomic E-state index is 0.0101. The minimum Gasteiger partial charge on any atom is -0.373 e. The second-order valence-electron chi connectivity index (χ2n) is 8.63. The Morgan fingerprint density at radius 3 is 2.47 bits per heavy atom. The third kappa shape index (κ3) is 5.49. The van der Waals surface area contributed by atoms with Gasteiger partial charge in [0.25, 0.3) is 5.91 Å². The number of nitrogens with zero attached hydrogens (tertiary/aromatic N) is 2. The van der Waals surface area contributed by atoms with Crippen molar-refractivity contribution in [1.82, 2.24) is 15.1 Å². The first-order chi connectivity index (χ1) is 14.6. The van der Waals surface area contributed by atoms with Gasteiger partial charge in [0, 0.05) is 36.6 Å². The van der Waals surface area contributed by atoms with Gasteiger partial charge in [0.05, 0.1) is 18.2 Å². The summed E-state index contributed by atoms with van der Waals surface area (Å²) in [5.41, 5.74) is 1.97. The average Bonchev–Trinajstić information content (AvgIpc) is 3.43. The van der Waals surface area contributed by atoms with Crippen molar-refractivity contribution in [3.8, 4) is 0 Å². The number of nitrogens with one attached hydrogen (secondary N) is 1.